The monoisotopic (exact) mass is 423 g/mol. The topological polar surface area (TPSA) is 66.5 Å². The maximum Gasteiger partial charge on any atom is 0.417 e. The minimum atomic E-state index is -4.56. The molecule has 0 aliphatic carbocycles. The molecule has 0 atom stereocenters. The molecule has 2 aromatic heterocycles. The number of alkyl halides is 3. The smallest absolute Gasteiger partial charge is 0.324 e. The lowest BCUT2D eigenvalue weighted by molar-refractivity contribution is -0.137. The summed E-state index contributed by atoms with van der Waals surface area (Å²) in [6, 6.07) is 8.96. The summed E-state index contributed by atoms with van der Waals surface area (Å²) < 4.78 is 39.5. The number of hydrogen-bond acceptors (Lipinski definition) is 4. The highest BCUT2D eigenvalue weighted by Crippen LogP contribution is 2.38. The molecule has 0 saturated carbocycles. The Bertz CT molecular complexity index is 1160. The first kappa shape index (κ1) is 18.5. The largest absolute Gasteiger partial charge is 0.417 e. The molecule has 2 heterocycles. The Morgan fingerprint density at radius 1 is 0.964 bits per heavy atom. The van der Waals surface area contributed by atoms with Gasteiger partial charge in [-0.1, -0.05) is 29.3 Å². The summed E-state index contributed by atoms with van der Waals surface area (Å²) in [6.45, 7) is 0. The molecule has 28 heavy (non-hydrogen) atoms. The number of halogens is 5. The molecule has 2 aromatic carbocycles. The number of aromatic nitrogens is 4. The van der Waals surface area contributed by atoms with Crippen molar-refractivity contribution < 1.29 is 13.2 Å². The third-order valence-corrected chi connectivity index (χ3v) is 4.51. The fourth-order valence-electron chi connectivity index (χ4n) is 2.71. The summed E-state index contributed by atoms with van der Waals surface area (Å²) >= 11 is 11.5. The number of nitrogens with one attached hydrogen (secondary N) is 2. The Hall–Kier alpha value is -2.84. The van der Waals surface area contributed by atoms with E-state index in [0.29, 0.717) is 38.8 Å². The van der Waals surface area contributed by atoms with E-state index in [4.69, 9.17) is 23.2 Å². The van der Waals surface area contributed by atoms with Crippen LogP contribution >= 0.6 is 23.2 Å². The number of hydrogen-bond donors (Lipinski definition) is 2. The molecule has 0 fully saturated rings. The lowest BCUT2D eigenvalue weighted by atomic mass is 10.0. The van der Waals surface area contributed by atoms with Crippen molar-refractivity contribution in [3.05, 3.63) is 64.4 Å². The van der Waals surface area contributed by atoms with Crippen molar-refractivity contribution in [3.8, 4) is 11.3 Å². The number of anilines is 2. The molecule has 142 valence electrons. The normalized spacial score (nSPS) is 11.8. The van der Waals surface area contributed by atoms with E-state index in [9.17, 15) is 13.2 Å². The quantitative estimate of drug-likeness (QED) is 0.418. The molecule has 10 heteroatoms. The van der Waals surface area contributed by atoms with Crippen molar-refractivity contribution in [1.82, 2.24) is 20.2 Å². The first-order valence-corrected chi connectivity index (χ1v) is 8.67. The Morgan fingerprint density at radius 2 is 1.71 bits per heavy atom. The number of rotatable bonds is 3. The second-order valence-electron chi connectivity index (χ2n) is 5.87. The summed E-state index contributed by atoms with van der Waals surface area (Å²) in [7, 11) is 0. The van der Waals surface area contributed by atoms with Crippen molar-refractivity contribution in [2.24, 2.45) is 0 Å². The molecule has 0 unspecified atom stereocenters. The highest BCUT2D eigenvalue weighted by atomic mass is 35.5. The number of aromatic amines is 1. The Balaban J connectivity index is 1.75. The summed E-state index contributed by atoms with van der Waals surface area (Å²) in [6.07, 6.45) is -1.66. The van der Waals surface area contributed by atoms with Crippen LogP contribution in [0.4, 0.5) is 24.8 Å². The number of nitrogens with zero attached hydrogens (tertiary/aromatic N) is 3. The highest BCUT2D eigenvalue weighted by molar-refractivity contribution is 6.31. The minimum Gasteiger partial charge on any atom is -0.324 e. The molecule has 5 nitrogen and oxygen atoms in total. The average molecular weight is 424 g/mol. The van der Waals surface area contributed by atoms with Gasteiger partial charge in [0, 0.05) is 16.6 Å². The van der Waals surface area contributed by atoms with Crippen molar-refractivity contribution in [1.29, 1.82) is 0 Å². The molecule has 0 radical (unpaired) electrons. The molecule has 0 saturated heterocycles. The van der Waals surface area contributed by atoms with Gasteiger partial charge in [0.25, 0.3) is 0 Å². The van der Waals surface area contributed by atoms with Crippen LogP contribution in [0.25, 0.3) is 22.2 Å². The van der Waals surface area contributed by atoms with Crippen molar-refractivity contribution in [2.75, 3.05) is 5.32 Å². The van der Waals surface area contributed by atoms with Crippen LogP contribution in [0, 0.1) is 0 Å². The fourth-order valence-corrected chi connectivity index (χ4v) is 3.03. The van der Waals surface area contributed by atoms with Gasteiger partial charge in [-0.15, -0.1) is 0 Å². The zero-order valence-corrected chi connectivity index (χ0v) is 15.4. The van der Waals surface area contributed by atoms with Crippen molar-refractivity contribution in [3.63, 3.8) is 0 Å². The van der Waals surface area contributed by atoms with Crippen LogP contribution in [0.1, 0.15) is 5.56 Å². The van der Waals surface area contributed by atoms with E-state index in [1.807, 2.05) is 0 Å². The highest BCUT2D eigenvalue weighted by Gasteiger charge is 2.33. The maximum atomic E-state index is 13.2. The number of H-pyrrole nitrogens is 1. The summed E-state index contributed by atoms with van der Waals surface area (Å²) in [5, 5.41) is 10.7. The fraction of sp³-hybridized carbons (Fsp3) is 0.0556. The van der Waals surface area contributed by atoms with Gasteiger partial charge in [0.2, 0.25) is 5.95 Å². The molecule has 4 rings (SSSR count). The van der Waals surface area contributed by atoms with Gasteiger partial charge in [0.15, 0.2) is 0 Å². The third kappa shape index (κ3) is 3.61. The van der Waals surface area contributed by atoms with E-state index in [2.05, 4.69) is 25.5 Å². The summed E-state index contributed by atoms with van der Waals surface area (Å²) in [4.78, 5) is 8.11. The SMILES string of the molecule is FC(F)(F)c1cc(-c2n[nH]c3ccc(Nc4ncc(Cl)cn4)cc23)ccc1Cl. The van der Waals surface area contributed by atoms with E-state index >= 15 is 0 Å². The molecule has 0 aliphatic rings. The average Bonchev–Trinajstić information content (AvgIpc) is 3.06. The Morgan fingerprint density at radius 3 is 2.43 bits per heavy atom. The minimum absolute atomic E-state index is 0.294. The van der Waals surface area contributed by atoms with E-state index in [1.54, 1.807) is 18.2 Å². The third-order valence-electron chi connectivity index (χ3n) is 3.98. The standard InChI is InChI=1S/C18H10Cl2F3N5/c19-10-7-24-17(25-8-10)26-11-2-4-15-12(6-11)16(28-27-15)9-1-3-14(20)13(5-9)18(21,22)23/h1-8H,(H,27,28)(H,24,25,26). The van der Waals surface area contributed by atoms with Gasteiger partial charge in [-0.3, -0.25) is 5.10 Å². The second-order valence-corrected chi connectivity index (χ2v) is 6.72. The van der Waals surface area contributed by atoms with E-state index in [0.717, 1.165) is 6.07 Å². The summed E-state index contributed by atoms with van der Waals surface area (Å²) in [5.74, 6) is 0.333. The zero-order valence-electron chi connectivity index (χ0n) is 13.9. The lowest BCUT2D eigenvalue weighted by Gasteiger charge is -2.10. The second kappa shape index (κ2) is 6.96. The van der Waals surface area contributed by atoms with Crippen LogP contribution in [0.15, 0.2) is 48.8 Å². The number of benzene rings is 2. The van der Waals surface area contributed by atoms with Crippen LogP contribution in [0.2, 0.25) is 10.0 Å². The van der Waals surface area contributed by atoms with Crippen LogP contribution < -0.4 is 5.32 Å². The molecular weight excluding hydrogens is 414 g/mol. The zero-order chi connectivity index (χ0) is 19.9. The van der Waals surface area contributed by atoms with Crippen LogP contribution in [0.5, 0.6) is 0 Å². The van der Waals surface area contributed by atoms with Crippen LogP contribution in [-0.2, 0) is 6.18 Å². The van der Waals surface area contributed by atoms with E-state index in [-0.39, 0.29) is 5.02 Å². The van der Waals surface area contributed by atoms with Gasteiger partial charge in [0.05, 0.1) is 39.2 Å². The first-order chi connectivity index (χ1) is 13.3. The predicted molar refractivity (Wildman–Crippen MR) is 102 cm³/mol. The molecule has 0 bridgehead atoms. The molecule has 0 amide bonds. The van der Waals surface area contributed by atoms with E-state index < -0.39 is 11.7 Å². The molecule has 0 spiro atoms. The molecular formula is C18H10Cl2F3N5. The lowest BCUT2D eigenvalue weighted by Crippen LogP contribution is -2.06. The van der Waals surface area contributed by atoms with Gasteiger partial charge >= 0.3 is 6.18 Å². The first-order valence-electron chi connectivity index (χ1n) is 7.91. The Kier molecular flexibility index (Phi) is 4.60. The maximum absolute atomic E-state index is 13.2. The Labute approximate surface area is 166 Å². The van der Waals surface area contributed by atoms with Gasteiger partial charge in [-0.25, -0.2) is 9.97 Å². The van der Waals surface area contributed by atoms with Gasteiger partial charge in [0.1, 0.15) is 0 Å². The molecule has 2 N–H and O–H groups in total. The van der Waals surface area contributed by atoms with Crippen LogP contribution in [0.3, 0.4) is 0 Å². The van der Waals surface area contributed by atoms with Crippen molar-refractivity contribution in [2.45, 2.75) is 6.18 Å². The van der Waals surface area contributed by atoms with Crippen LogP contribution in [-0.4, -0.2) is 20.2 Å². The molecule has 4 aromatic rings. The predicted octanol–water partition coefficient (Wildman–Crippen LogP) is 6.09. The van der Waals surface area contributed by atoms with Gasteiger partial charge in [-0.2, -0.15) is 18.3 Å². The molecule has 0 aliphatic heterocycles. The van der Waals surface area contributed by atoms with Crippen molar-refractivity contribution >= 4 is 45.7 Å². The van der Waals surface area contributed by atoms with E-state index in [1.165, 1.54) is 24.5 Å². The van der Waals surface area contributed by atoms with Gasteiger partial charge in [-0.05, 0) is 30.3 Å². The number of fused-ring (bicyclic) bond motifs is 1. The van der Waals surface area contributed by atoms with Gasteiger partial charge < -0.3 is 5.32 Å². The summed E-state index contributed by atoms with van der Waals surface area (Å²) in [5.41, 5.74) is 1.07.